The highest BCUT2D eigenvalue weighted by atomic mass is 35.5. The number of carbonyl (C=O) groups is 1. The molecule has 6 heteroatoms. The summed E-state index contributed by atoms with van der Waals surface area (Å²) in [6, 6.07) is 0.254. The molecule has 1 amide bonds. The number of nitrogens with zero attached hydrogens (tertiary/aromatic N) is 2. The first-order valence-electron chi connectivity index (χ1n) is 5.71. The fourth-order valence-electron chi connectivity index (χ4n) is 1.90. The molecule has 0 bridgehead atoms. The van der Waals surface area contributed by atoms with Crippen LogP contribution in [0.15, 0.2) is 5.38 Å². The van der Waals surface area contributed by atoms with Crippen molar-refractivity contribution >= 4 is 28.8 Å². The number of alkyl halides is 1. The molecule has 0 saturated carbocycles. The van der Waals surface area contributed by atoms with Gasteiger partial charge in [0.25, 0.3) is 0 Å². The van der Waals surface area contributed by atoms with Gasteiger partial charge in [-0.2, -0.15) is 0 Å². The third kappa shape index (κ3) is 3.18. The maximum absolute atomic E-state index is 11.3. The first kappa shape index (κ1) is 12.8. The number of nitrogens with one attached hydrogen (secondary N) is 1. The van der Waals surface area contributed by atoms with Gasteiger partial charge in [0.2, 0.25) is 5.91 Å². The van der Waals surface area contributed by atoms with Crippen molar-refractivity contribution in [1.29, 1.82) is 0 Å². The molecule has 0 aliphatic carbocycles. The molecule has 17 heavy (non-hydrogen) atoms. The van der Waals surface area contributed by atoms with Gasteiger partial charge < -0.3 is 5.32 Å². The number of rotatable bonds is 3. The van der Waals surface area contributed by atoms with Crippen molar-refractivity contribution in [3.8, 4) is 0 Å². The predicted octanol–water partition coefficient (Wildman–Crippen LogP) is 1.76. The van der Waals surface area contributed by atoms with Crippen LogP contribution in [-0.2, 0) is 10.7 Å². The lowest BCUT2D eigenvalue weighted by molar-refractivity contribution is -0.120. The second kappa shape index (κ2) is 5.80. The Hall–Kier alpha value is -0.650. The molecule has 2 rings (SSSR count). The Morgan fingerprint density at radius 1 is 1.65 bits per heavy atom. The normalized spacial score (nSPS) is 19.8. The van der Waals surface area contributed by atoms with E-state index in [2.05, 4.69) is 22.1 Å². The average Bonchev–Trinajstić information content (AvgIpc) is 2.71. The molecule has 1 unspecified atom stereocenters. The molecule has 4 nitrogen and oxygen atoms in total. The zero-order valence-corrected chi connectivity index (χ0v) is 11.4. The standard InChI is InChI=1S/C11H16ClN3OS/c1-8(11-14-9(6-12)7-17-11)15-4-2-10(16)13-3-5-15/h7-8H,2-6H2,1H3,(H,13,16). The van der Waals surface area contributed by atoms with Gasteiger partial charge in [0.05, 0.1) is 17.6 Å². The highest BCUT2D eigenvalue weighted by Crippen LogP contribution is 2.24. The molecular weight excluding hydrogens is 258 g/mol. The van der Waals surface area contributed by atoms with Crippen LogP contribution < -0.4 is 5.32 Å². The van der Waals surface area contributed by atoms with Gasteiger partial charge in [0, 0.05) is 31.4 Å². The molecular formula is C11H16ClN3OS. The van der Waals surface area contributed by atoms with E-state index in [-0.39, 0.29) is 11.9 Å². The van der Waals surface area contributed by atoms with Crippen molar-refractivity contribution in [2.75, 3.05) is 19.6 Å². The smallest absolute Gasteiger partial charge is 0.221 e. The molecule has 0 radical (unpaired) electrons. The van der Waals surface area contributed by atoms with Crippen LogP contribution in [-0.4, -0.2) is 35.4 Å². The van der Waals surface area contributed by atoms with E-state index in [1.54, 1.807) is 11.3 Å². The van der Waals surface area contributed by atoms with Gasteiger partial charge in [-0.05, 0) is 6.92 Å². The predicted molar refractivity (Wildman–Crippen MR) is 69.3 cm³/mol. The number of hydrogen-bond donors (Lipinski definition) is 1. The Bertz CT molecular complexity index is 396. The van der Waals surface area contributed by atoms with Crippen molar-refractivity contribution in [2.24, 2.45) is 0 Å². The van der Waals surface area contributed by atoms with Crippen LogP contribution in [0.2, 0.25) is 0 Å². The first-order valence-corrected chi connectivity index (χ1v) is 7.13. The average molecular weight is 274 g/mol. The maximum Gasteiger partial charge on any atom is 0.221 e. The molecule has 1 aliphatic heterocycles. The Labute approximate surface area is 110 Å². The summed E-state index contributed by atoms with van der Waals surface area (Å²) in [7, 11) is 0. The summed E-state index contributed by atoms with van der Waals surface area (Å²) in [6.07, 6.45) is 0.568. The van der Waals surface area contributed by atoms with E-state index in [9.17, 15) is 4.79 Å². The molecule has 1 saturated heterocycles. The van der Waals surface area contributed by atoms with Gasteiger partial charge in [-0.3, -0.25) is 9.69 Å². The Balaban J connectivity index is 2.03. The summed E-state index contributed by atoms with van der Waals surface area (Å²) >= 11 is 7.39. The SMILES string of the molecule is CC(c1nc(CCl)cs1)N1CCNC(=O)CC1. The van der Waals surface area contributed by atoms with Crippen LogP contribution >= 0.6 is 22.9 Å². The van der Waals surface area contributed by atoms with E-state index in [0.29, 0.717) is 12.3 Å². The number of thiazole rings is 1. The summed E-state index contributed by atoms with van der Waals surface area (Å²) in [5.41, 5.74) is 0.933. The van der Waals surface area contributed by atoms with Crippen LogP contribution in [0.4, 0.5) is 0 Å². The van der Waals surface area contributed by atoms with Crippen molar-refractivity contribution in [3.05, 3.63) is 16.1 Å². The molecule has 94 valence electrons. The van der Waals surface area contributed by atoms with Crippen molar-refractivity contribution in [3.63, 3.8) is 0 Å². The number of hydrogen-bond acceptors (Lipinski definition) is 4. The third-order valence-electron chi connectivity index (χ3n) is 2.96. The third-order valence-corrected chi connectivity index (χ3v) is 4.30. The molecule has 0 spiro atoms. The van der Waals surface area contributed by atoms with Gasteiger partial charge in [-0.15, -0.1) is 22.9 Å². The van der Waals surface area contributed by atoms with Crippen LogP contribution in [0.3, 0.4) is 0 Å². The molecule has 1 fully saturated rings. The molecule has 1 aliphatic rings. The molecule has 1 aromatic heterocycles. The summed E-state index contributed by atoms with van der Waals surface area (Å²) < 4.78 is 0. The van der Waals surface area contributed by atoms with Crippen LogP contribution in [0.1, 0.15) is 30.1 Å². The lowest BCUT2D eigenvalue weighted by Gasteiger charge is -2.25. The van der Waals surface area contributed by atoms with Gasteiger partial charge in [-0.1, -0.05) is 0 Å². The summed E-state index contributed by atoms with van der Waals surface area (Å²) in [5.74, 6) is 0.601. The minimum atomic E-state index is 0.139. The van der Waals surface area contributed by atoms with Crippen LogP contribution in [0.5, 0.6) is 0 Å². The van der Waals surface area contributed by atoms with Gasteiger partial charge in [-0.25, -0.2) is 4.98 Å². The quantitative estimate of drug-likeness (QED) is 0.854. The van der Waals surface area contributed by atoms with Gasteiger partial charge in [0.15, 0.2) is 0 Å². The van der Waals surface area contributed by atoms with E-state index in [4.69, 9.17) is 11.6 Å². The monoisotopic (exact) mass is 273 g/mol. The Morgan fingerprint density at radius 3 is 3.18 bits per heavy atom. The van der Waals surface area contributed by atoms with E-state index in [1.807, 2.05) is 5.38 Å². The molecule has 1 N–H and O–H groups in total. The number of amides is 1. The van der Waals surface area contributed by atoms with E-state index >= 15 is 0 Å². The lowest BCUT2D eigenvalue weighted by Crippen LogP contribution is -2.30. The van der Waals surface area contributed by atoms with Crippen LogP contribution in [0.25, 0.3) is 0 Å². The van der Waals surface area contributed by atoms with E-state index in [0.717, 1.165) is 30.3 Å². The van der Waals surface area contributed by atoms with Gasteiger partial charge >= 0.3 is 0 Å². The maximum atomic E-state index is 11.3. The minimum Gasteiger partial charge on any atom is -0.355 e. The molecule has 0 aromatic carbocycles. The van der Waals surface area contributed by atoms with Crippen molar-refractivity contribution in [1.82, 2.24) is 15.2 Å². The summed E-state index contributed by atoms with van der Waals surface area (Å²) in [5, 5.41) is 5.96. The number of halogens is 1. The summed E-state index contributed by atoms with van der Waals surface area (Å²) in [6.45, 7) is 4.52. The fraction of sp³-hybridized carbons (Fsp3) is 0.636. The lowest BCUT2D eigenvalue weighted by atomic mass is 10.2. The first-order chi connectivity index (χ1) is 8.20. The second-order valence-corrected chi connectivity index (χ2v) is 5.28. The minimum absolute atomic E-state index is 0.139. The zero-order chi connectivity index (χ0) is 12.3. The molecule has 2 heterocycles. The Kier molecular flexibility index (Phi) is 4.36. The topological polar surface area (TPSA) is 45.2 Å². The largest absolute Gasteiger partial charge is 0.355 e. The fourth-order valence-corrected chi connectivity index (χ4v) is 3.04. The zero-order valence-electron chi connectivity index (χ0n) is 9.78. The van der Waals surface area contributed by atoms with Gasteiger partial charge in [0.1, 0.15) is 5.01 Å². The molecule has 1 aromatic rings. The number of carbonyl (C=O) groups excluding carboxylic acids is 1. The highest BCUT2D eigenvalue weighted by Gasteiger charge is 2.21. The number of aromatic nitrogens is 1. The van der Waals surface area contributed by atoms with Crippen molar-refractivity contribution in [2.45, 2.75) is 25.3 Å². The highest BCUT2D eigenvalue weighted by molar-refractivity contribution is 7.09. The van der Waals surface area contributed by atoms with Crippen molar-refractivity contribution < 1.29 is 4.79 Å². The summed E-state index contributed by atoms with van der Waals surface area (Å²) in [4.78, 5) is 18.0. The molecule has 1 atom stereocenters. The van der Waals surface area contributed by atoms with E-state index in [1.165, 1.54) is 0 Å². The van der Waals surface area contributed by atoms with Crippen LogP contribution in [0, 0.1) is 0 Å². The Morgan fingerprint density at radius 2 is 2.47 bits per heavy atom. The van der Waals surface area contributed by atoms with E-state index < -0.39 is 0 Å². The second-order valence-electron chi connectivity index (χ2n) is 4.12.